The molecule has 0 aromatic carbocycles. The highest BCUT2D eigenvalue weighted by Crippen LogP contribution is 2.43. The molecule has 1 rings (SSSR count). The van der Waals surface area contributed by atoms with Crippen LogP contribution in [0.2, 0.25) is 0 Å². The van der Waals surface area contributed by atoms with Crippen LogP contribution in [0.5, 0.6) is 0 Å². The minimum Gasteiger partial charge on any atom is -0.462 e. The number of phosphoric acid groups is 1. The van der Waals surface area contributed by atoms with E-state index in [1.54, 1.807) is 6.08 Å². The summed E-state index contributed by atoms with van der Waals surface area (Å²) in [6, 6.07) is 0. The fraction of sp³-hybridized carbons (Fsp3) is 0.733. The molecule has 334 valence electrons. The minimum atomic E-state index is -4.45. The number of aliphatic hydroxyl groups is 3. The highest BCUT2D eigenvalue weighted by atomic mass is 31.2. The zero-order chi connectivity index (χ0) is 42.7. The molecular weight excluding hydrogens is 761 g/mol. The van der Waals surface area contributed by atoms with E-state index in [-0.39, 0.29) is 44.4 Å². The molecule has 0 spiro atoms. The Morgan fingerprint density at radius 3 is 2.00 bits per heavy atom. The number of carbonyl (C=O) groups is 2. The van der Waals surface area contributed by atoms with Gasteiger partial charge in [-0.15, -0.1) is 0 Å². The monoisotopic (exact) mass is 840 g/mol. The smallest absolute Gasteiger partial charge is 0.462 e. The summed E-state index contributed by atoms with van der Waals surface area (Å²) in [6.45, 7) is 3.28. The van der Waals surface area contributed by atoms with Gasteiger partial charge in [-0.05, 0) is 70.1 Å². The first kappa shape index (κ1) is 53.6. The second-order valence-electron chi connectivity index (χ2n) is 15.2. The number of allylic oxidation sites excluding steroid dienone is 8. The quantitative estimate of drug-likeness (QED) is 0.0174. The maximum atomic E-state index is 12.6. The molecule has 0 aliphatic heterocycles. The number of unbranched alkanes of at least 4 members (excludes halogenated alkanes) is 9. The largest absolute Gasteiger partial charge is 0.472 e. The van der Waals surface area contributed by atoms with Gasteiger partial charge in [-0.3, -0.25) is 18.6 Å². The summed E-state index contributed by atoms with van der Waals surface area (Å²) in [5.74, 6) is -1.33. The third kappa shape index (κ3) is 28.9. The molecule has 1 unspecified atom stereocenters. The summed E-state index contributed by atoms with van der Waals surface area (Å²) >= 11 is 0. The zero-order valence-electron chi connectivity index (χ0n) is 35.6. The van der Waals surface area contributed by atoms with Crippen LogP contribution in [0.15, 0.2) is 60.8 Å². The molecule has 7 atom stereocenters. The molecule has 1 fully saturated rings. The van der Waals surface area contributed by atoms with E-state index in [4.69, 9.17) is 24.3 Å². The lowest BCUT2D eigenvalue weighted by Crippen LogP contribution is -2.29. The van der Waals surface area contributed by atoms with Gasteiger partial charge in [-0.2, -0.15) is 0 Å². The number of aliphatic hydroxyl groups excluding tert-OH is 3. The van der Waals surface area contributed by atoms with Gasteiger partial charge < -0.3 is 35.4 Å². The third-order valence-electron chi connectivity index (χ3n) is 9.98. The summed E-state index contributed by atoms with van der Waals surface area (Å²) in [5.41, 5.74) is 5.34. The summed E-state index contributed by atoms with van der Waals surface area (Å²) in [4.78, 5) is 35.1. The van der Waals surface area contributed by atoms with E-state index in [9.17, 15) is 34.4 Å². The van der Waals surface area contributed by atoms with Crippen LogP contribution in [0.3, 0.4) is 0 Å². The SMILES string of the molecule is CCCCC/C=C\C/C=C\C/C=C\C/C=C\CCCC(=O)O[C@H](COC(=O)CCCCCC[C@@H]1[C@@H](/C=C/[C@@H](O)CCCCC)[C@H](O)C[C@@H]1O)COP(=O)(O)OCCN. The topological polar surface area (TPSA) is 195 Å². The van der Waals surface area contributed by atoms with Crippen molar-refractivity contribution in [1.82, 2.24) is 0 Å². The van der Waals surface area contributed by atoms with Crippen molar-refractivity contribution in [2.75, 3.05) is 26.4 Å². The number of hydrogen-bond donors (Lipinski definition) is 5. The van der Waals surface area contributed by atoms with Gasteiger partial charge in [0.15, 0.2) is 6.10 Å². The van der Waals surface area contributed by atoms with Crippen molar-refractivity contribution in [2.24, 2.45) is 17.6 Å². The molecule has 58 heavy (non-hydrogen) atoms. The Hall–Kier alpha value is -2.41. The average molecular weight is 840 g/mol. The Bertz CT molecular complexity index is 1250. The maximum absolute atomic E-state index is 12.6. The van der Waals surface area contributed by atoms with Gasteiger partial charge in [-0.25, -0.2) is 4.57 Å². The van der Waals surface area contributed by atoms with Crippen LogP contribution < -0.4 is 5.73 Å². The number of esters is 2. The number of rotatable bonds is 36. The lowest BCUT2D eigenvalue weighted by atomic mass is 9.88. The van der Waals surface area contributed by atoms with Crippen molar-refractivity contribution in [3.05, 3.63) is 60.8 Å². The second-order valence-corrected chi connectivity index (χ2v) is 16.6. The normalized spacial score (nSPS) is 20.9. The van der Waals surface area contributed by atoms with Gasteiger partial charge in [0.1, 0.15) is 6.61 Å². The van der Waals surface area contributed by atoms with E-state index in [1.165, 1.54) is 19.3 Å². The van der Waals surface area contributed by atoms with Crippen LogP contribution in [0.25, 0.3) is 0 Å². The van der Waals surface area contributed by atoms with Crippen molar-refractivity contribution in [3.8, 4) is 0 Å². The van der Waals surface area contributed by atoms with E-state index in [0.717, 1.165) is 70.6 Å². The summed E-state index contributed by atoms with van der Waals surface area (Å²) in [7, 11) is -4.45. The van der Waals surface area contributed by atoms with Gasteiger partial charge >= 0.3 is 19.8 Å². The third-order valence-corrected chi connectivity index (χ3v) is 11.0. The Morgan fingerprint density at radius 2 is 1.34 bits per heavy atom. The van der Waals surface area contributed by atoms with Crippen molar-refractivity contribution < 1.29 is 52.9 Å². The van der Waals surface area contributed by atoms with Crippen LogP contribution in [-0.4, -0.2) is 82.9 Å². The molecule has 0 saturated heterocycles. The van der Waals surface area contributed by atoms with Crippen LogP contribution in [-0.2, 0) is 32.7 Å². The molecule has 13 heteroatoms. The Kier molecular flexibility index (Phi) is 32.7. The van der Waals surface area contributed by atoms with Gasteiger partial charge in [-0.1, -0.05) is 126 Å². The molecule has 12 nitrogen and oxygen atoms in total. The number of ether oxygens (including phenoxy) is 2. The number of carbonyl (C=O) groups excluding carboxylic acids is 2. The Morgan fingerprint density at radius 1 is 0.741 bits per heavy atom. The van der Waals surface area contributed by atoms with Crippen molar-refractivity contribution in [3.63, 3.8) is 0 Å². The molecule has 1 aliphatic rings. The van der Waals surface area contributed by atoms with Crippen molar-refractivity contribution in [2.45, 2.75) is 173 Å². The lowest BCUT2D eigenvalue weighted by molar-refractivity contribution is -0.161. The molecule has 0 amide bonds. The van der Waals surface area contributed by atoms with Gasteiger partial charge in [0.05, 0.1) is 31.5 Å². The molecule has 0 aromatic heterocycles. The minimum absolute atomic E-state index is 0.0111. The predicted molar refractivity (Wildman–Crippen MR) is 231 cm³/mol. The number of phosphoric ester groups is 1. The number of hydrogen-bond acceptors (Lipinski definition) is 11. The fourth-order valence-electron chi connectivity index (χ4n) is 6.66. The fourth-order valence-corrected chi connectivity index (χ4v) is 7.43. The summed E-state index contributed by atoms with van der Waals surface area (Å²) in [5, 5.41) is 31.3. The van der Waals surface area contributed by atoms with Crippen LogP contribution in [0.1, 0.15) is 149 Å². The van der Waals surface area contributed by atoms with Crippen LogP contribution in [0.4, 0.5) is 0 Å². The predicted octanol–water partition coefficient (Wildman–Crippen LogP) is 8.88. The summed E-state index contributed by atoms with van der Waals surface area (Å²) < 4.78 is 32.7. The van der Waals surface area contributed by atoms with Gasteiger partial charge in [0.2, 0.25) is 0 Å². The highest BCUT2D eigenvalue weighted by Gasteiger charge is 2.39. The first-order valence-corrected chi connectivity index (χ1v) is 23.5. The molecule has 0 aromatic rings. The van der Waals surface area contributed by atoms with E-state index < -0.39 is 50.8 Å². The Labute approximate surface area is 349 Å². The van der Waals surface area contributed by atoms with E-state index >= 15 is 0 Å². The molecule has 0 radical (unpaired) electrons. The van der Waals surface area contributed by atoms with Crippen molar-refractivity contribution >= 4 is 19.8 Å². The first-order valence-electron chi connectivity index (χ1n) is 22.0. The van der Waals surface area contributed by atoms with Crippen LogP contribution in [0, 0.1) is 11.8 Å². The standard InChI is InChI=1S/C45H78NO11P/c1-3-5-7-8-9-10-11-12-13-14-15-16-17-18-19-20-26-30-45(51)57-39(37-56-58(52,53)55-34-33-46)36-54-44(50)29-25-22-21-24-28-40-41(43(49)35-42(40)48)32-31-38(47)27-23-6-4-2/h9-10,12-13,15-16,18-19,31-32,38-43,47-49H,3-8,11,14,17,20-30,33-37,46H2,1-2H3,(H,52,53)/b10-9-,13-12-,16-15-,19-18-,32-31+/t38-,39+,40+,41+,42-,43+/m0/s1. The molecule has 0 bridgehead atoms. The van der Waals surface area contributed by atoms with Gasteiger partial charge in [0, 0.05) is 31.7 Å². The van der Waals surface area contributed by atoms with Gasteiger partial charge in [0.25, 0.3) is 0 Å². The molecule has 0 heterocycles. The maximum Gasteiger partial charge on any atom is 0.472 e. The van der Waals surface area contributed by atoms with Crippen LogP contribution >= 0.6 is 7.82 Å². The molecule has 1 saturated carbocycles. The zero-order valence-corrected chi connectivity index (χ0v) is 36.5. The van der Waals surface area contributed by atoms with E-state index in [2.05, 4.69) is 50.3 Å². The molecular formula is C45H78NO11P. The lowest BCUT2D eigenvalue weighted by Gasteiger charge is -2.21. The summed E-state index contributed by atoms with van der Waals surface area (Å²) in [6.07, 6.45) is 34.7. The van der Waals surface area contributed by atoms with Crippen molar-refractivity contribution in [1.29, 1.82) is 0 Å². The molecule has 6 N–H and O–H groups in total. The number of nitrogens with two attached hydrogens (primary N) is 1. The Balaban J connectivity index is 2.42. The highest BCUT2D eigenvalue weighted by molar-refractivity contribution is 7.47. The second kappa shape index (κ2) is 35.4. The average Bonchev–Trinajstić information content (AvgIpc) is 3.47. The first-order chi connectivity index (χ1) is 28.0. The molecule has 1 aliphatic carbocycles. The van der Waals surface area contributed by atoms with E-state index in [0.29, 0.717) is 32.1 Å². The van der Waals surface area contributed by atoms with E-state index in [1.807, 2.05) is 18.2 Å².